The summed E-state index contributed by atoms with van der Waals surface area (Å²) in [6.45, 7) is 8.42. The molecule has 0 spiro atoms. The van der Waals surface area contributed by atoms with E-state index < -0.39 is 0 Å². The van der Waals surface area contributed by atoms with Crippen LogP contribution in [0.5, 0.6) is 5.75 Å². The van der Waals surface area contributed by atoms with E-state index in [9.17, 15) is 0 Å². The molecule has 38 heavy (non-hydrogen) atoms. The van der Waals surface area contributed by atoms with Crippen molar-refractivity contribution < 1.29 is 4.74 Å². The number of rotatable bonds is 7. The topological polar surface area (TPSA) is 53.2 Å². The Morgan fingerprint density at radius 3 is 1.84 bits per heavy atom. The largest absolute Gasteiger partial charge is 0.497 e. The first-order valence-corrected chi connectivity index (χ1v) is 12.4. The number of nitrogens with one attached hydrogen (secondary N) is 2. The Labute approximate surface area is 244 Å². The van der Waals surface area contributed by atoms with Crippen molar-refractivity contribution in [3.05, 3.63) is 107 Å². The van der Waals surface area contributed by atoms with E-state index in [1.807, 2.05) is 12.1 Å². The molecule has 3 aromatic carbocycles. The zero-order valence-corrected chi connectivity index (χ0v) is 24.5. The van der Waals surface area contributed by atoms with Gasteiger partial charge < -0.3 is 15.0 Å². The molecule has 2 N–H and O–H groups in total. The molecule has 1 saturated heterocycles. The zero-order chi connectivity index (χ0) is 24.3. The predicted molar refractivity (Wildman–Crippen MR) is 164 cm³/mol. The average Bonchev–Trinajstić information content (AvgIpc) is 3.32. The Balaban J connectivity index is 0.00000169. The van der Waals surface area contributed by atoms with E-state index in [0.29, 0.717) is 0 Å². The molecule has 5 rings (SSSR count). The van der Waals surface area contributed by atoms with Crippen LogP contribution in [0.2, 0.25) is 0 Å². The minimum Gasteiger partial charge on any atom is -0.497 e. The number of nitrogens with zero attached hydrogens (tertiary/aromatic N) is 2. The van der Waals surface area contributed by atoms with E-state index in [1.165, 1.54) is 11.1 Å². The van der Waals surface area contributed by atoms with Crippen LogP contribution in [0.25, 0.3) is 11.4 Å². The van der Waals surface area contributed by atoms with Crippen molar-refractivity contribution in [3.63, 3.8) is 0 Å². The third-order valence-corrected chi connectivity index (χ3v) is 7.33. The third-order valence-electron chi connectivity index (χ3n) is 7.33. The van der Waals surface area contributed by atoms with Gasteiger partial charge in [-0.05, 0) is 49.2 Å². The van der Waals surface area contributed by atoms with Crippen LogP contribution in [0.4, 0.5) is 0 Å². The van der Waals surface area contributed by atoms with Gasteiger partial charge in [0, 0.05) is 43.4 Å². The van der Waals surface area contributed by atoms with Crippen LogP contribution in [0, 0.1) is 6.92 Å². The number of aromatic amines is 1. The SMILES string of the molecule is COc1ccc(-c2nc(C(C)(C(c3ccccc3)c3ccccc3)N3CCNCC3)c(C)[nH]2)cc1.Cl.Cl.Cl. The molecule has 1 aromatic heterocycles. The van der Waals surface area contributed by atoms with Crippen LogP contribution in [-0.2, 0) is 5.54 Å². The van der Waals surface area contributed by atoms with Crippen LogP contribution >= 0.6 is 37.2 Å². The van der Waals surface area contributed by atoms with Crippen LogP contribution in [0.1, 0.15) is 35.4 Å². The normalized spacial score (nSPS) is 14.9. The summed E-state index contributed by atoms with van der Waals surface area (Å²) in [5.74, 6) is 1.85. The smallest absolute Gasteiger partial charge is 0.137 e. The second-order valence-corrected chi connectivity index (χ2v) is 9.43. The number of hydrogen-bond acceptors (Lipinski definition) is 4. The third kappa shape index (κ3) is 6.19. The van der Waals surface area contributed by atoms with E-state index in [2.05, 4.69) is 102 Å². The fraction of sp³-hybridized carbons (Fsp3) is 0.300. The predicted octanol–water partition coefficient (Wildman–Crippen LogP) is 6.61. The molecule has 1 aliphatic rings. The van der Waals surface area contributed by atoms with Gasteiger partial charge >= 0.3 is 0 Å². The van der Waals surface area contributed by atoms with E-state index in [1.54, 1.807) is 7.11 Å². The van der Waals surface area contributed by atoms with Gasteiger partial charge in [0.2, 0.25) is 0 Å². The Morgan fingerprint density at radius 1 is 0.816 bits per heavy atom. The van der Waals surface area contributed by atoms with Crippen LogP contribution in [0.3, 0.4) is 0 Å². The molecule has 4 aromatic rings. The highest BCUT2D eigenvalue weighted by Gasteiger charge is 2.46. The molecule has 0 amide bonds. The highest BCUT2D eigenvalue weighted by Crippen LogP contribution is 2.46. The van der Waals surface area contributed by atoms with E-state index in [-0.39, 0.29) is 48.7 Å². The standard InChI is InChI=1S/C30H34N4O.3ClH/c1-22-28(33-29(32-22)25-14-16-26(35-3)17-15-25)30(2,34-20-18-31-19-21-34)27(23-10-6-4-7-11-23)24-12-8-5-9-13-24;;;/h4-17,27,31H,18-21H2,1-3H3,(H,32,33);3*1H. The van der Waals surface area contributed by atoms with Gasteiger partial charge in [0.15, 0.2) is 0 Å². The lowest BCUT2D eigenvalue weighted by atomic mass is 9.72. The quantitative estimate of drug-likeness (QED) is 0.260. The molecule has 1 fully saturated rings. The van der Waals surface area contributed by atoms with Gasteiger partial charge in [0.25, 0.3) is 0 Å². The van der Waals surface area contributed by atoms with Gasteiger partial charge in [-0.3, -0.25) is 4.90 Å². The zero-order valence-electron chi connectivity index (χ0n) is 22.0. The van der Waals surface area contributed by atoms with Crippen molar-refractivity contribution in [3.8, 4) is 17.1 Å². The maximum Gasteiger partial charge on any atom is 0.137 e. The number of aryl methyl sites for hydroxylation is 1. The van der Waals surface area contributed by atoms with E-state index in [0.717, 1.165) is 54.7 Å². The summed E-state index contributed by atoms with van der Waals surface area (Å²) in [6, 6.07) is 29.9. The summed E-state index contributed by atoms with van der Waals surface area (Å²) in [5.41, 5.74) is 5.51. The Kier molecular flexibility index (Phi) is 11.7. The minimum atomic E-state index is -0.351. The lowest BCUT2D eigenvalue weighted by molar-refractivity contribution is 0.0673. The van der Waals surface area contributed by atoms with Gasteiger partial charge in [0.05, 0.1) is 18.3 Å². The summed E-state index contributed by atoms with van der Waals surface area (Å²) < 4.78 is 5.35. The molecule has 204 valence electrons. The molecule has 0 bridgehead atoms. The number of hydrogen-bond donors (Lipinski definition) is 2. The average molecular weight is 576 g/mol. The minimum absolute atomic E-state index is 0. The molecule has 1 atom stereocenters. The molecule has 5 nitrogen and oxygen atoms in total. The van der Waals surface area contributed by atoms with Crippen LogP contribution < -0.4 is 10.1 Å². The second kappa shape index (κ2) is 14.0. The Morgan fingerprint density at radius 2 is 1.34 bits per heavy atom. The number of aromatic nitrogens is 2. The molecule has 0 aliphatic carbocycles. The van der Waals surface area contributed by atoms with Crippen molar-refractivity contribution in [2.24, 2.45) is 0 Å². The van der Waals surface area contributed by atoms with Crippen molar-refractivity contribution >= 4 is 37.2 Å². The number of halogens is 3. The molecular weight excluding hydrogens is 539 g/mol. The maximum atomic E-state index is 5.35. The lowest BCUT2D eigenvalue weighted by Crippen LogP contribution is -2.56. The summed E-state index contributed by atoms with van der Waals surface area (Å²) in [6.07, 6.45) is 0. The second-order valence-electron chi connectivity index (χ2n) is 9.43. The number of imidazole rings is 1. The van der Waals surface area contributed by atoms with Gasteiger partial charge in [0.1, 0.15) is 11.6 Å². The van der Waals surface area contributed by atoms with Gasteiger partial charge in [-0.2, -0.15) is 0 Å². The molecule has 0 radical (unpaired) electrons. The number of ether oxygens (including phenoxy) is 1. The summed E-state index contributed by atoms with van der Waals surface area (Å²) in [5, 5.41) is 3.53. The van der Waals surface area contributed by atoms with Crippen LogP contribution in [-0.4, -0.2) is 48.2 Å². The molecule has 1 unspecified atom stereocenters. The van der Waals surface area contributed by atoms with E-state index >= 15 is 0 Å². The van der Waals surface area contributed by atoms with Crippen molar-refractivity contribution in [1.29, 1.82) is 0 Å². The molecular formula is C30H37Cl3N4O. The Bertz CT molecular complexity index is 1210. The number of methoxy groups -OCH3 is 1. The number of piperazine rings is 1. The van der Waals surface area contributed by atoms with Gasteiger partial charge in [-0.15, -0.1) is 37.2 Å². The number of benzene rings is 3. The highest BCUT2D eigenvalue weighted by molar-refractivity contribution is 5.86. The van der Waals surface area contributed by atoms with Crippen molar-refractivity contribution in [1.82, 2.24) is 20.2 Å². The van der Waals surface area contributed by atoms with Crippen molar-refractivity contribution in [2.75, 3.05) is 33.3 Å². The van der Waals surface area contributed by atoms with Crippen LogP contribution in [0.15, 0.2) is 84.9 Å². The summed E-state index contributed by atoms with van der Waals surface area (Å²) in [4.78, 5) is 11.5. The summed E-state index contributed by atoms with van der Waals surface area (Å²) in [7, 11) is 1.69. The molecule has 2 heterocycles. The first-order chi connectivity index (χ1) is 17.1. The Hall–Kier alpha value is -2.54. The number of H-pyrrole nitrogens is 1. The van der Waals surface area contributed by atoms with Gasteiger partial charge in [-0.1, -0.05) is 60.7 Å². The first kappa shape index (κ1) is 31.7. The fourth-order valence-corrected chi connectivity index (χ4v) is 5.57. The monoisotopic (exact) mass is 574 g/mol. The highest BCUT2D eigenvalue weighted by atomic mass is 35.5. The fourth-order valence-electron chi connectivity index (χ4n) is 5.57. The maximum absolute atomic E-state index is 5.35. The molecule has 0 saturated carbocycles. The molecule has 8 heteroatoms. The molecule has 1 aliphatic heterocycles. The van der Waals surface area contributed by atoms with E-state index in [4.69, 9.17) is 9.72 Å². The lowest BCUT2D eigenvalue weighted by Gasteiger charge is -2.48. The van der Waals surface area contributed by atoms with Gasteiger partial charge in [-0.25, -0.2) is 4.98 Å². The van der Waals surface area contributed by atoms with Crippen molar-refractivity contribution in [2.45, 2.75) is 25.3 Å². The summed E-state index contributed by atoms with van der Waals surface area (Å²) >= 11 is 0. The first-order valence-electron chi connectivity index (χ1n) is 12.4.